The quantitative estimate of drug-likeness (QED) is 0.633. The van der Waals surface area contributed by atoms with Crippen molar-refractivity contribution in [2.75, 3.05) is 26.4 Å². The molecule has 1 aliphatic rings. The summed E-state index contributed by atoms with van der Waals surface area (Å²) in [5, 5.41) is 13.0. The van der Waals surface area contributed by atoms with Crippen LogP contribution >= 0.6 is 0 Å². The first-order chi connectivity index (χ1) is 7.61. The molecule has 0 aromatic heterocycles. The summed E-state index contributed by atoms with van der Waals surface area (Å²) in [6.45, 7) is 5.34. The van der Waals surface area contributed by atoms with Gasteiger partial charge in [0.2, 0.25) is 0 Å². The Morgan fingerprint density at radius 3 is 2.88 bits per heavy atom. The van der Waals surface area contributed by atoms with Crippen LogP contribution in [-0.2, 0) is 14.3 Å². The zero-order valence-electron chi connectivity index (χ0n) is 9.99. The molecule has 0 radical (unpaired) electrons. The molecule has 2 unspecified atom stereocenters. The van der Waals surface area contributed by atoms with Gasteiger partial charge in [-0.05, 0) is 13.3 Å². The second kappa shape index (κ2) is 6.18. The smallest absolute Gasteiger partial charge is 0.323 e. The van der Waals surface area contributed by atoms with Gasteiger partial charge in [0.05, 0.1) is 13.2 Å². The van der Waals surface area contributed by atoms with E-state index in [0.29, 0.717) is 39.2 Å². The molecule has 0 spiro atoms. The summed E-state index contributed by atoms with van der Waals surface area (Å²) in [5.41, 5.74) is -0.833. The predicted octanol–water partition coefficient (Wildman–Crippen LogP) is 0.0691. The summed E-state index contributed by atoms with van der Waals surface area (Å²) in [6, 6.07) is -0.343. The van der Waals surface area contributed by atoms with E-state index in [4.69, 9.17) is 9.47 Å². The molecule has 2 atom stereocenters. The van der Waals surface area contributed by atoms with Crippen LogP contribution in [0.15, 0.2) is 0 Å². The third-order valence-electron chi connectivity index (χ3n) is 2.74. The molecule has 0 aliphatic carbocycles. The molecule has 1 heterocycles. The van der Waals surface area contributed by atoms with Crippen LogP contribution in [0.1, 0.15) is 26.7 Å². The highest BCUT2D eigenvalue weighted by molar-refractivity contribution is 5.75. The van der Waals surface area contributed by atoms with Crippen LogP contribution in [0.2, 0.25) is 0 Å². The highest BCUT2D eigenvalue weighted by Crippen LogP contribution is 2.17. The fraction of sp³-hybridized carbons (Fsp3) is 0.909. The number of ether oxygens (including phenoxy) is 2. The van der Waals surface area contributed by atoms with Crippen LogP contribution in [0.25, 0.3) is 0 Å². The summed E-state index contributed by atoms with van der Waals surface area (Å²) in [5.74, 6) is -0.257. The van der Waals surface area contributed by atoms with Crippen molar-refractivity contribution in [3.05, 3.63) is 0 Å². The topological polar surface area (TPSA) is 67.8 Å². The van der Waals surface area contributed by atoms with E-state index in [9.17, 15) is 9.90 Å². The number of hydrogen-bond donors (Lipinski definition) is 2. The van der Waals surface area contributed by atoms with Gasteiger partial charge in [-0.2, -0.15) is 0 Å². The summed E-state index contributed by atoms with van der Waals surface area (Å²) < 4.78 is 10.1. The minimum Gasteiger partial charge on any atom is -0.465 e. The van der Waals surface area contributed by atoms with Crippen molar-refractivity contribution < 1.29 is 19.4 Å². The second-order valence-electron chi connectivity index (χ2n) is 4.12. The van der Waals surface area contributed by atoms with Gasteiger partial charge < -0.3 is 19.9 Å². The molecule has 0 amide bonds. The highest BCUT2D eigenvalue weighted by atomic mass is 16.5. The van der Waals surface area contributed by atoms with Crippen LogP contribution in [0.4, 0.5) is 0 Å². The van der Waals surface area contributed by atoms with Crippen LogP contribution in [-0.4, -0.2) is 49.1 Å². The van der Waals surface area contributed by atoms with Gasteiger partial charge in [-0.25, -0.2) is 0 Å². The molecule has 0 aromatic rings. The first-order valence-electron chi connectivity index (χ1n) is 5.81. The normalized spacial score (nSPS) is 26.7. The molecular weight excluding hydrogens is 210 g/mol. The number of aliphatic hydroxyl groups is 1. The minimum atomic E-state index is -0.833. The van der Waals surface area contributed by atoms with Crippen molar-refractivity contribution in [1.82, 2.24) is 5.32 Å². The van der Waals surface area contributed by atoms with Crippen molar-refractivity contribution in [2.45, 2.75) is 38.3 Å². The van der Waals surface area contributed by atoms with Crippen molar-refractivity contribution >= 4 is 5.97 Å². The monoisotopic (exact) mass is 231 g/mol. The summed E-state index contributed by atoms with van der Waals surface area (Å²) in [7, 11) is 0. The number of nitrogens with one attached hydrogen (secondary N) is 1. The van der Waals surface area contributed by atoms with E-state index in [1.165, 1.54) is 0 Å². The second-order valence-corrected chi connectivity index (χ2v) is 4.12. The minimum absolute atomic E-state index is 0.257. The predicted molar refractivity (Wildman–Crippen MR) is 59.1 cm³/mol. The Morgan fingerprint density at radius 2 is 2.38 bits per heavy atom. The maximum absolute atomic E-state index is 11.5. The van der Waals surface area contributed by atoms with Gasteiger partial charge >= 0.3 is 5.97 Å². The van der Waals surface area contributed by atoms with E-state index in [1.807, 2.05) is 6.92 Å². The third kappa shape index (κ3) is 3.73. The average Bonchev–Trinajstić information content (AvgIpc) is 2.67. The van der Waals surface area contributed by atoms with Gasteiger partial charge in [0.1, 0.15) is 11.6 Å². The van der Waals surface area contributed by atoms with E-state index in [-0.39, 0.29) is 12.0 Å². The number of carbonyl (C=O) groups excluding carboxylic acids is 1. The van der Waals surface area contributed by atoms with Crippen LogP contribution in [0, 0.1) is 0 Å². The highest BCUT2D eigenvalue weighted by Gasteiger charge is 2.33. The van der Waals surface area contributed by atoms with Crippen molar-refractivity contribution in [3.63, 3.8) is 0 Å². The lowest BCUT2D eigenvalue weighted by Crippen LogP contribution is -2.47. The van der Waals surface area contributed by atoms with Gasteiger partial charge in [-0.15, -0.1) is 0 Å². The maximum Gasteiger partial charge on any atom is 0.323 e. The average molecular weight is 231 g/mol. The van der Waals surface area contributed by atoms with Crippen LogP contribution < -0.4 is 5.32 Å². The van der Waals surface area contributed by atoms with Gasteiger partial charge in [-0.3, -0.25) is 4.79 Å². The zero-order chi connectivity index (χ0) is 12.0. The molecule has 1 saturated heterocycles. The molecular formula is C11H21NO4. The number of rotatable bonds is 6. The summed E-state index contributed by atoms with van der Waals surface area (Å²) in [6.07, 6.45) is 1.26. The molecule has 5 nitrogen and oxygen atoms in total. The van der Waals surface area contributed by atoms with E-state index in [1.54, 1.807) is 6.92 Å². The number of esters is 1. The Morgan fingerprint density at radius 1 is 1.62 bits per heavy atom. The van der Waals surface area contributed by atoms with E-state index in [0.717, 1.165) is 0 Å². The molecule has 1 rings (SSSR count). The molecule has 1 fully saturated rings. The fourth-order valence-corrected chi connectivity index (χ4v) is 1.69. The van der Waals surface area contributed by atoms with Gasteiger partial charge in [-0.1, -0.05) is 6.92 Å². The summed E-state index contributed by atoms with van der Waals surface area (Å²) in [4.78, 5) is 11.5. The molecule has 1 aliphatic heterocycles. The first-order valence-corrected chi connectivity index (χ1v) is 5.81. The molecule has 94 valence electrons. The van der Waals surface area contributed by atoms with Gasteiger partial charge in [0, 0.05) is 19.6 Å². The molecule has 0 saturated carbocycles. The largest absolute Gasteiger partial charge is 0.465 e. The molecule has 0 bridgehead atoms. The number of carbonyl (C=O) groups is 1. The van der Waals surface area contributed by atoms with Crippen LogP contribution in [0.5, 0.6) is 0 Å². The molecule has 0 aromatic carbocycles. The molecule has 5 heteroatoms. The van der Waals surface area contributed by atoms with Crippen molar-refractivity contribution in [2.24, 2.45) is 0 Å². The first kappa shape index (κ1) is 13.4. The SMILES string of the molecule is CCOC(=O)C(CC)NCC1(O)CCOC1. The maximum atomic E-state index is 11.5. The van der Waals surface area contributed by atoms with Crippen molar-refractivity contribution in [1.29, 1.82) is 0 Å². The lowest BCUT2D eigenvalue weighted by atomic mass is 10.0. The molecule has 16 heavy (non-hydrogen) atoms. The number of hydrogen-bond acceptors (Lipinski definition) is 5. The van der Waals surface area contributed by atoms with E-state index < -0.39 is 5.60 Å². The summed E-state index contributed by atoms with van der Waals surface area (Å²) >= 11 is 0. The van der Waals surface area contributed by atoms with Gasteiger partial charge in [0.15, 0.2) is 0 Å². The third-order valence-corrected chi connectivity index (χ3v) is 2.74. The van der Waals surface area contributed by atoms with Crippen molar-refractivity contribution in [3.8, 4) is 0 Å². The Balaban J connectivity index is 2.35. The Bertz CT molecular complexity index is 226. The zero-order valence-corrected chi connectivity index (χ0v) is 9.99. The van der Waals surface area contributed by atoms with Gasteiger partial charge in [0.25, 0.3) is 0 Å². The van der Waals surface area contributed by atoms with Crippen LogP contribution in [0.3, 0.4) is 0 Å². The fourth-order valence-electron chi connectivity index (χ4n) is 1.69. The Labute approximate surface area is 96.1 Å². The Hall–Kier alpha value is -0.650. The lowest BCUT2D eigenvalue weighted by Gasteiger charge is -2.24. The standard InChI is InChI=1S/C11H21NO4/c1-3-9(10(13)16-4-2)12-7-11(14)5-6-15-8-11/h9,12,14H,3-8H2,1-2H3. The molecule has 2 N–H and O–H groups in total. The van der Waals surface area contributed by atoms with E-state index in [2.05, 4.69) is 5.32 Å². The lowest BCUT2D eigenvalue weighted by molar-refractivity contribution is -0.146. The van der Waals surface area contributed by atoms with E-state index >= 15 is 0 Å². The Kier molecular flexibility index (Phi) is 5.18.